The molecule has 0 amide bonds. The van der Waals surface area contributed by atoms with Crippen LogP contribution in [0, 0.1) is 5.41 Å². The van der Waals surface area contributed by atoms with Crippen molar-refractivity contribution in [1.82, 2.24) is 4.98 Å². The monoisotopic (exact) mass is 289 g/mol. The molecule has 1 aromatic carbocycles. The maximum atomic E-state index is 11.3. The summed E-state index contributed by atoms with van der Waals surface area (Å²) in [5.41, 5.74) is 2.69. The maximum Gasteiger partial charge on any atom is 0.309 e. The molecule has 0 fully saturated rings. The van der Waals surface area contributed by atoms with Crippen LogP contribution in [0.25, 0.3) is 11.1 Å². The number of benzene rings is 1. The molecule has 114 valence electrons. The number of nitrogens with zero attached hydrogens (tertiary/aromatic N) is 1. The normalized spacial score (nSPS) is 11.8. The zero-order valence-corrected chi connectivity index (χ0v) is 13.2. The molecule has 0 saturated carbocycles. The van der Waals surface area contributed by atoms with E-state index < -0.39 is 0 Å². The van der Waals surface area contributed by atoms with E-state index >= 15 is 0 Å². The van der Waals surface area contributed by atoms with Crippen LogP contribution in [0.1, 0.15) is 45.1 Å². The second kappa shape index (κ2) is 6.29. The first-order valence-electron chi connectivity index (χ1n) is 7.45. The maximum absolute atomic E-state index is 11.3. The van der Waals surface area contributed by atoms with Gasteiger partial charge in [0.15, 0.2) is 11.5 Å². The SMILES string of the molecule is CCC(C)(CC)Cc1nc2cc(CC(=O)OC)ccc2o1. The van der Waals surface area contributed by atoms with Crippen LogP contribution < -0.4 is 0 Å². The van der Waals surface area contributed by atoms with Crippen LogP contribution >= 0.6 is 0 Å². The molecule has 4 heteroatoms. The van der Waals surface area contributed by atoms with Gasteiger partial charge >= 0.3 is 5.97 Å². The summed E-state index contributed by atoms with van der Waals surface area (Å²) in [6.07, 6.45) is 3.28. The number of hydrogen-bond acceptors (Lipinski definition) is 4. The number of carbonyl (C=O) groups is 1. The van der Waals surface area contributed by atoms with E-state index in [1.807, 2.05) is 18.2 Å². The number of methoxy groups -OCH3 is 1. The van der Waals surface area contributed by atoms with Crippen molar-refractivity contribution >= 4 is 17.1 Å². The summed E-state index contributed by atoms with van der Waals surface area (Å²) in [6, 6.07) is 5.65. The highest BCUT2D eigenvalue weighted by atomic mass is 16.5. The molecule has 0 atom stereocenters. The topological polar surface area (TPSA) is 52.3 Å². The molecule has 2 rings (SSSR count). The van der Waals surface area contributed by atoms with E-state index in [9.17, 15) is 4.79 Å². The average Bonchev–Trinajstić information content (AvgIpc) is 2.88. The molecule has 0 N–H and O–H groups in total. The zero-order valence-electron chi connectivity index (χ0n) is 13.2. The van der Waals surface area contributed by atoms with Gasteiger partial charge in [0, 0.05) is 6.42 Å². The van der Waals surface area contributed by atoms with Gasteiger partial charge in [0.05, 0.1) is 13.5 Å². The molecule has 0 spiro atoms. The third kappa shape index (κ3) is 3.63. The third-order valence-electron chi connectivity index (χ3n) is 4.36. The van der Waals surface area contributed by atoms with Gasteiger partial charge in [-0.2, -0.15) is 0 Å². The van der Waals surface area contributed by atoms with Crippen LogP contribution in [-0.2, 0) is 22.4 Å². The fourth-order valence-corrected chi connectivity index (χ4v) is 2.31. The highest BCUT2D eigenvalue weighted by Gasteiger charge is 2.23. The lowest BCUT2D eigenvalue weighted by Crippen LogP contribution is -2.17. The summed E-state index contributed by atoms with van der Waals surface area (Å²) in [5, 5.41) is 0. The highest BCUT2D eigenvalue weighted by Crippen LogP contribution is 2.31. The number of esters is 1. The Bertz CT molecular complexity index is 626. The Morgan fingerprint density at radius 1 is 1.33 bits per heavy atom. The smallest absolute Gasteiger partial charge is 0.309 e. The first-order valence-corrected chi connectivity index (χ1v) is 7.45. The molecule has 1 heterocycles. The minimum absolute atomic E-state index is 0.218. The van der Waals surface area contributed by atoms with Gasteiger partial charge in [-0.1, -0.05) is 39.7 Å². The van der Waals surface area contributed by atoms with E-state index in [2.05, 4.69) is 30.5 Å². The van der Waals surface area contributed by atoms with Crippen molar-refractivity contribution in [3.05, 3.63) is 29.7 Å². The molecule has 2 aromatic rings. The Kier molecular flexibility index (Phi) is 4.66. The predicted octanol–water partition coefficient (Wildman–Crippen LogP) is 3.91. The van der Waals surface area contributed by atoms with Crippen LogP contribution in [0.5, 0.6) is 0 Å². The lowest BCUT2D eigenvalue weighted by Gasteiger charge is -2.24. The molecule has 0 aliphatic carbocycles. The lowest BCUT2D eigenvalue weighted by molar-refractivity contribution is -0.139. The molecule has 0 aliphatic rings. The van der Waals surface area contributed by atoms with Crippen LogP contribution in [0.2, 0.25) is 0 Å². The molecule has 1 aromatic heterocycles. The van der Waals surface area contributed by atoms with Crippen molar-refractivity contribution in [2.75, 3.05) is 7.11 Å². The van der Waals surface area contributed by atoms with Crippen LogP contribution in [0.3, 0.4) is 0 Å². The molecule has 0 radical (unpaired) electrons. The summed E-state index contributed by atoms with van der Waals surface area (Å²) in [5.74, 6) is 0.522. The van der Waals surface area contributed by atoms with E-state index in [1.54, 1.807) is 0 Å². The Morgan fingerprint density at radius 2 is 2.05 bits per heavy atom. The number of rotatable bonds is 6. The van der Waals surface area contributed by atoms with E-state index in [4.69, 9.17) is 4.42 Å². The number of aromatic nitrogens is 1. The predicted molar refractivity (Wildman–Crippen MR) is 82.1 cm³/mol. The first kappa shape index (κ1) is 15.5. The van der Waals surface area contributed by atoms with E-state index in [1.165, 1.54) is 7.11 Å². The van der Waals surface area contributed by atoms with Gasteiger partial charge in [0.25, 0.3) is 0 Å². The Morgan fingerprint density at radius 3 is 2.67 bits per heavy atom. The van der Waals surface area contributed by atoms with Crippen molar-refractivity contribution in [1.29, 1.82) is 0 Å². The minimum Gasteiger partial charge on any atom is -0.469 e. The molecule has 4 nitrogen and oxygen atoms in total. The summed E-state index contributed by atoms with van der Waals surface area (Å²) < 4.78 is 10.5. The van der Waals surface area contributed by atoms with E-state index in [-0.39, 0.29) is 17.8 Å². The van der Waals surface area contributed by atoms with Gasteiger partial charge < -0.3 is 9.15 Å². The fraction of sp³-hybridized carbons (Fsp3) is 0.529. The van der Waals surface area contributed by atoms with Crippen LogP contribution in [0.15, 0.2) is 22.6 Å². The molecule has 0 saturated heterocycles. The summed E-state index contributed by atoms with van der Waals surface area (Å²) in [4.78, 5) is 15.9. The van der Waals surface area contributed by atoms with Crippen molar-refractivity contribution < 1.29 is 13.9 Å². The van der Waals surface area contributed by atoms with Gasteiger partial charge in [0.2, 0.25) is 0 Å². The highest BCUT2D eigenvalue weighted by molar-refractivity contribution is 5.77. The van der Waals surface area contributed by atoms with Gasteiger partial charge in [-0.25, -0.2) is 4.98 Å². The molecule has 0 unspecified atom stereocenters. The largest absolute Gasteiger partial charge is 0.469 e. The number of carbonyl (C=O) groups excluding carboxylic acids is 1. The van der Waals surface area contributed by atoms with Gasteiger partial charge in [-0.05, 0) is 23.1 Å². The summed E-state index contributed by atoms with van der Waals surface area (Å²) >= 11 is 0. The van der Waals surface area contributed by atoms with Crippen molar-refractivity contribution in [2.24, 2.45) is 5.41 Å². The summed E-state index contributed by atoms with van der Waals surface area (Å²) in [6.45, 7) is 6.64. The van der Waals surface area contributed by atoms with Gasteiger partial charge in [-0.3, -0.25) is 4.79 Å². The Balaban J connectivity index is 2.23. The number of hydrogen-bond donors (Lipinski definition) is 0. The van der Waals surface area contributed by atoms with Crippen molar-refractivity contribution in [3.63, 3.8) is 0 Å². The minimum atomic E-state index is -0.248. The standard InChI is InChI=1S/C17H23NO3/c1-5-17(3,6-2)11-15-18-13-9-12(10-16(19)20-4)7-8-14(13)21-15/h7-9H,5-6,10-11H2,1-4H3. The summed E-state index contributed by atoms with van der Waals surface area (Å²) in [7, 11) is 1.39. The molecule has 0 bridgehead atoms. The van der Waals surface area contributed by atoms with Crippen LogP contribution in [-0.4, -0.2) is 18.1 Å². The second-order valence-corrected chi connectivity index (χ2v) is 5.86. The van der Waals surface area contributed by atoms with Gasteiger partial charge in [-0.15, -0.1) is 0 Å². The molecule has 0 aliphatic heterocycles. The average molecular weight is 289 g/mol. The van der Waals surface area contributed by atoms with E-state index in [0.717, 1.165) is 41.8 Å². The van der Waals surface area contributed by atoms with Gasteiger partial charge in [0.1, 0.15) is 5.52 Å². The Hall–Kier alpha value is -1.84. The quantitative estimate of drug-likeness (QED) is 0.756. The number of fused-ring (bicyclic) bond motifs is 1. The Labute approximate surface area is 125 Å². The number of oxazole rings is 1. The molecule has 21 heavy (non-hydrogen) atoms. The molecular weight excluding hydrogens is 266 g/mol. The zero-order chi connectivity index (χ0) is 15.5. The first-order chi connectivity index (χ1) is 9.99. The molecular formula is C17H23NO3. The van der Waals surface area contributed by atoms with Crippen molar-refractivity contribution in [3.8, 4) is 0 Å². The van der Waals surface area contributed by atoms with Crippen LogP contribution in [0.4, 0.5) is 0 Å². The van der Waals surface area contributed by atoms with Crippen molar-refractivity contribution in [2.45, 2.75) is 46.5 Å². The third-order valence-corrected chi connectivity index (χ3v) is 4.36. The van der Waals surface area contributed by atoms with E-state index in [0.29, 0.717) is 0 Å². The second-order valence-electron chi connectivity index (χ2n) is 5.86. The number of ether oxygens (including phenoxy) is 1. The fourth-order valence-electron chi connectivity index (χ4n) is 2.31. The lowest BCUT2D eigenvalue weighted by atomic mass is 9.81.